The molecule has 0 spiro atoms. The van der Waals surface area contributed by atoms with E-state index < -0.39 is 35.8 Å². The second-order valence-electron chi connectivity index (χ2n) is 3.71. The fourth-order valence-electron chi connectivity index (χ4n) is 1.63. The zero-order valence-electron chi connectivity index (χ0n) is 12.1. The molecule has 0 aromatic heterocycles. The Morgan fingerprint density at radius 1 is 0.773 bits per heavy atom. The maximum Gasteiger partial charge on any atom is 1.00 e. The Bertz CT molecular complexity index is 879. The number of hydrogen-bond donors (Lipinski definition) is 0. The number of fused-ring (bicyclic) bond motifs is 1. The molecule has 0 radical (unpaired) electrons. The molecule has 2 aromatic rings. The van der Waals surface area contributed by atoms with Gasteiger partial charge in [-0.25, -0.2) is 16.8 Å². The first kappa shape index (κ1) is 25.6. The van der Waals surface area contributed by atoms with Crippen molar-refractivity contribution in [1.29, 1.82) is 0 Å². The van der Waals surface area contributed by atoms with Crippen molar-refractivity contribution in [2.75, 3.05) is 0 Å². The molecule has 102 valence electrons. The largest absolute Gasteiger partial charge is 1.00 e. The smallest absolute Gasteiger partial charge is 0.872 e. The Labute approximate surface area is 193 Å². The number of rotatable bonds is 2. The standard InChI is InChI=1S/C10H8O7S2.3Na/c11-7-2-1-6-3-8(18(12,13)14)5-10(9(6)4-7)19(15,16)17;;;/h1-5,11H,(H,12,13,14)(H,15,16,17);;;/q;3*+1/p-3. The third-order valence-corrected chi connectivity index (χ3v) is 4.11. The van der Waals surface area contributed by atoms with E-state index in [9.17, 15) is 31.0 Å². The monoisotopic (exact) mass is 370 g/mol. The fraction of sp³-hybridized carbons (Fsp3) is 0. The van der Waals surface area contributed by atoms with Gasteiger partial charge in [-0.3, -0.25) is 0 Å². The summed E-state index contributed by atoms with van der Waals surface area (Å²) in [4.78, 5) is -1.75. The van der Waals surface area contributed by atoms with Crippen molar-refractivity contribution in [3.63, 3.8) is 0 Å². The van der Waals surface area contributed by atoms with Gasteiger partial charge in [-0.05, 0) is 22.9 Å². The van der Waals surface area contributed by atoms with E-state index in [0.29, 0.717) is 6.07 Å². The molecule has 0 N–H and O–H groups in total. The molecular weight excluding hydrogens is 365 g/mol. The predicted molar refractivity (Wildman–Crippen MR) is 59.3 cm³/mol. The Hall–Kier alpha value is 1.32. The van der Waals surface area contributed by atoms with Gasteiger partial charge < -0.3 is 14.2 Å². The van der Waals surface area contributed by atoms with Crippen LogP contribution in [0.5, 0.6) is 5.75 Å². The summed E-state index contributed by atoms with van der Waals surface area (Å²) in [6.45, 7) is 0. The molecule has 12 heteroatoms. The van der Waals surface area contributed by atoms with Crippen LogP contribution in [0.2, 0.25) is 0 Å². The van der Waals surface area contributed by atoms with Crippen molar-refractivity contribution in [3.05, 3.63) is 30.3 Å². The molecule has 0 saturated carbocycles. The van der Waals surface area contributed by atoms with Crippen molar-refractivity contribution in [2.24, 2.45) is 0 Å². The van der Waals surface area contributed by atoms with Crippen LogP contribution in [0.25, 0.3) is 10.8 Å². The summed E-state index contributed by atoms with van der Waals surface area (Å²) >= 11 is 0. The van der Waals surface area contributed by atoms with Crippen LogP contribution in [0.4, 0.5) is 0 Å². The summed E-state index contributed by atoms with van der Waals surface area (Å²) in [5, 5.41) is 11.0. The molecule has 0 saturated heterocycles. The molecule has 2 rings (SSSR count). The van der Waals surface area contributed by atoms with E-state index >= 15 is 0 Å². The van der Waals surface area contributed by atoms with Crippen molar-refractivity contribution < 1.29 is 120 Å². The van der Waals surface area contributed by atoms with Gasteiger partial charge >= 0.3 is 88.7 Å². The van der Waals surface area contributed by atoms with Gasteiger partial charge in [0.1, 0.15) is 20.2 Å². The van der Waals surface area contributed by atoms with E-state index in [-0.39, 0.29) is 99.4 Å². The third kappa shape index (κ3) is 5.99. The minimum Gasteiger partial charge on any atom is -0.872 e. The van der Waals surface area contributed by atoms with Crippen molar-refractivity contribution in [3.8, 4) is 5.75 Å². The number of benzene rings is 2. The summed E-state index contributed by atoms with van der Waals surface area (Å²) in [5.74, 6) is -0.546. The zero-order valence-corrected chi connectivity index (χ0v) is 19.7. The first-order valence-electron chi connectivity index (χ1n) is 4.76. The molecule has 0 amide bonds. The molecule has 22 heavy (non-hydrogen) atoms. The first-order chi connectivity index (χ1) is 8.59. The normalized spacial score (nSPS) is 11.0. The topological polar surface area (TPSA) is 137 Å². The summed E-state index contributed by atoms with van der Waals surface area (Å²) in [6, 6.07) is 4.46. The average molecular weight is 370 g/mol. The van der Waals surface area contributed by atoms with Crippen LogP contribution in [-0.4, -0.2) is 25.9 Å². The fourth-order valence-corrected chi connectivity index (χ4v) is 2.95. The second kappa shape index (κ2) is 9.14. The minimum absolute atomic E-state index is 0. The van der Waals surface area contributed by atoms with E-state index in [4.69, 9.17) is 0 Å². The van der Waals surface area contributed by atoms with Crippen LogP contribution in [0.1, 0.15) is 0 Å². The van der Waals surface area contributed by atoms with Gasteiger partial charge in [0.2, 0.25) is 0 Å². The molecule has 2 aromatic carbocycles. The molecule has 0 aliphatic carbocycles. The summed E-state index contributed by atoms with van der Waals surface area (Å²) < 4.78 is 66.0. The van der Waals surface area contributed by atoms with Gasteiger partial charge in [0, 0.05) is 0 Å². The van der Waals surface area contributed by atoms with Gasteiger partial charge in [0.25, 0.3) is 0 Å². The quantitative estimate of drug-likeness (QED) is 0.378. The molecular formula is C10H5Na3O7S2. The van der Waals surface area contributed by atoms with Gasteiger partial charge in [-0.15, -0.1) is 5.75 Å². The Balaban J connectivity index is 0. The number of hydrogen-bond acceptors (Lipinski definition) is 7. The molecule has 0 bridgehead atoms. The Morgan fingerprint density at radius 2 is 1.32 bits per heavy atom. The Morgan fingerprint density at radius 3 is 1.77 bits per heavy atom. The van der Waals surface area contributed by atoms with Crippen molar-refractivity contribution in [1.82, 2.24) is 0 Å². The van der Waals surface area contributed by atoms with E-state index in [0.717, 1.165) is 24.3 Å². The zero-order chi connectivity index (χ0) is 14.4. The first-order valence-corrected chi connectivity index (χ1v) is 7.57. The summed E-state index contributed by atoms with van der Waals surface area (Å²) in [7, 11) is -9.94. The van der Waals surface area contributed by atoms with Crippen LogP contribution in [0.3, 0.4) is 0 Å². The summed E-state index contributed by atoms with van der Waals surface area (Å²) in [5.41, 5.74) is 0. The van der Waals surface area contributed by atoms with Crippen molar-refractivity contribution >= 4 is 31.0 Å². The second-order valence-corrected chi connectivity index (χ2v) is 6.44. The molecule has 0 atom stereocenters. The van der Waals surface area contributed by atoms with Crippen LogP contribution in [-0.2, 0) is 20.2 Å². The van der Waals surface area contributed by atoms with Gasteiger partial charge in [0.15, 0.2) is 0 Å². The maximum atomic E-state index is 11.2. The van der Waals surface area contributed by atoms with Crippen LogP contribution >= 0.6 is 0 Å². The minimum atomic E-state index is -5.02. The maximum absolute atomic E-state index is 11.2. The van der Waals surface area contributed by atoms with Gasteiger partial charge in [-0.2, -0.15) is 0 Å². The molecule has 0 unspecified atom stereocenters. The summed E-state index contributed by atoms with van der Waals surface area (Å²) in [6.07, 6.45) is 0. The average Bonchev–Trinajstić information content (AvgIpc) is 2.24. The predicted octanol–water partition coefficient (Wildman–Crippen LogP) is -9.27. The molecule has 0 aliphatic rings. The van der Waals surface area contributed by atoms with E-state index in [2.05, 4.69) is 0 Å². The van der Waals surface area contributed by atoms with Crippen molar-refractivity contribution in [2.45, 2.75) is 9.79 Å². The molecule has 0 aliphatic heterocycles. The van der Waals surface area contributed by atoms with E-state index in [1.165, 1.54) is 0 Å². The van der Waals surface area contributed by atoms with E-state index in [1.54, 1.807) is 0 Å². The van der Waals surface area contributed by atoms with Gasteiger partial charge in [-0.1, -0.05) is 18.2 Å². The van der Waals surface area contributed by atoms with E-state index in [1.807, 2.05) is 0 Å². The third-order valence-electron chi connectivity index (χ3n) is 2.42. The van der Waals surface area contributed by atoms with Crippen LogP contribution in [0.15, 0.2) is 40.1 Å². The molecule has 7 nitrogen and oxygen atoms in total. The molecule has 0 heterocycles. The molecule has 0 fully saturated rings. The van der Waals surface area contributed by atoms with Gasteiger partial charge in [0.05, 0.1) is 9.79 Å². The SMILES string of the molecule is O=S(=O)([O-])c1cc(S(=O)(=O)[O-])c2cc([O-])ccc2c1.[Na+].[Na+].[Na+]. The Kier molecular flexibility index (Phi) is 10.6. The van der Waals surface area contributed by atoms with Crippen LogP contribution in [0, 0.1) is 0 Å². The van der Waals surface area contributed by atoms with Crippen LogP contribution < -0.4 is 93.8 Å².